The molecule has 5 N–H and O–H groups in total. The van der Waals surface area contributed by atoms with Crippen LogP contribution in [0.3, 0.4) is 0 Å². The van der Waals surface area contributed by atoms with Gasteiger partial charge < -0.3 is 26.0 Å². The summed E-state index contributed by atoms with van der Waals surface area (Å²) in [5.74, 6) is -0.0551. The Morgan fingerprint density at radius 1 is 1.24 bits per heavy atom. The minimum absolute atomic E-state index is 0.00963. The predicted molar refractivity (Wildman–Crippen MR) is 141 cm³/mol. The van der Waals surface area contributed by atoms with Gasteiger partial charge in [-0.05, 0) is 51.3 Å². The summed E-state index contributed by atoms with van der Waals surface area (Å²) in [6, 6.07) is 5.34. The van der Waals surface area contributed by atoms with Crippen LogP contribution in [0.4, 0.5) is 16.2 Å². The average molecular weight is 530 g/mol. The summed E-state index contributed by atoms with van der Waals surface area (Å²) in [6.45, 7) is 6.66. The summed E-state index contributed by atoms with van der Waals surface area (Å²) in [5, 5.41) is 13.0. The van der Waals surface area contributed by atoms with Crippen molar-refractivity contribution in [2.75, 3.05) is 43.4 Å². The number of likely N-dealkylation sites (tertiary alicyclic amines) is 1. The number of carbonyl (C=O) groups is 1. The van der Waals surface area contributed by atoms with Gasteiger partial charge in [0.1, 0.15) is 11.4 Å². The molecule has 1 aromatic carbocycles. The summed E-state index contributed by atoms with van der Waals surface area (Å²) in [5.41, 5.74) is 6.46. The van der Waals surface area contributed by atoms with Crippen molar-refractivity contribution in [3.63, 3.8) is 0 Å². The first-order valence-corrected chi connectivity index (χ1v) is 13.4. The first-order valence-electron chi connectivity index (χ1n) is 13.4. The van der Waals surface area contributed by atoms with Gasteiger partial charge in [0.05, 0.1) is 0 Å². The van der Waals surface area contributed by atoms with Crippen molar-refractivity contribution in [1.82, 2.24) is 25.1 Å². The summed E-state index contributed by atoms with van der Waals surface area (Å²) < 4.78 is 12.3. The zero-order valence-corrected chi connectivity index (χ0v) is 21.7. The number of anilines is 2. The number of nitrogens with zero attached hydrogens (tertiary/aromatic N) is 4. The fourth-order valence-corrected chi connectivity index (χ4v) is 5.61. The Kier molecular flexibility index (Phi) is 7.70. The lowest BCUT2D eigenvalue weighted by atomic mass is 9.97. The molecule has 3 aliphatic rings. The van der Waals surface area contributed by atoms with Gasteiger partial charge in [-0.2, -0.15) is 0 Å². The number of nitrogens with one attached hydrogen (secondary N) is 2. The number of H-pyrrole nitrogens is 1. The number of nitrogen functional groups attached to an aromatic ring is 1. The van der Waals surface area contributed by atoms with Gasteiger partial charge in [-0.15, -0.1) is 0 Å². The van der Waals surface area contributed by atoms with Crippen molar-refractivity contribution >= 4 is 17.5 Å². The van der Waals surface area contributed by atoms with Crippen LogP contribution >= 0.6 is 0 Å². The number of phenolic OH excluding ortho intramolecular Hbond substituents is 1. The minimum Gasteiger partial charge on any atom is -0.507 e. The molecule has 2 aromatic rings. The number of benzene rings is 1. The lowest BCUT2D eigenvalue weighted by Gasteiger charge is -2.47. The Balaban J connectivity index is 1.18. The normalized spacial score (nSPS) is 21.4. The number of aromatic hydroxyl groups is 1. The third-order valence-electron chi connectivity index (χ3n) is 7.93. The molecule has 1 atom stereocenters. The number of aromatic amines is 1. The molecule has 206 valence electrons. The van der Waals surface area contributed by atoms with Crippen LogP contribution in [0.5, 0.6) is 11.5 Å². The number of halogens is 1. The largest absolute Gasteiger partial charge is 0.507 e. The van der Waals surface area contributed by atoms with Crippen molar-refractivity contribution in [3.8, 4) is 11.5 Å². The Bertz CT molecular complexity index is 1210. The molecule has 2 saturated heterocycles. The maximum Gasteiger partial charge on any atom is 0.291 e. The van der Waals surface area contributed by atoms with E-state index in [1.54, 1.807) is 6.07 Å². The fraction of sp³-hybridized carbons (Fsp3) is 0.577. The van der Waals surface area contributed by atoms with E-state index >= 15 is 0 Å². The molecule has 2 aliphatic heterocycles. The highest BCUT2D eigenvalue weighted by Gasteiger charge is 2.35. The van der Waals surface area contributed by atoms with E-state index in [1.165, 1.54) is 12.1 Å². The van der Waals surface area contributed by atoms with Gasteiger partial charge in [-0.1, -0.05) is 13.0 Å². The first kappa shape index (κ1) is 26.2. The smallest absolute Gasteiger partial charge is 0.291 e. The minimum atomic E-state index is -0.397. The Labute approximate surface area is 220 Å². The number of hydrogen-bond acceptors (Lipinski definition) is 9. The average Bonchev–Trinajstić information content (AvgIpc) is 3.75. The van der Waals surface area contributed by atoms with Gasteiger partial charge in [-0.25, -0.2) is 4.98 Å². The van der Waals surface area contributed by atoms with Crippen molar-refractivity contribution in [1.29, 1.82) is 0 Å². The molecule has 1 unspecified atom stereocenters. The highest BCUT2D eigenvalue weighted by atomic mass is 19.3. The van der Waals surface area contributed by atoms with Crippen molar-refractivity contribution in [2.24, 2.45) is 0 Å². The maximum atomic E-state index is 12.9. The van der Waals surface area contributed by atoms with Crippen LogP contribution in [0.2, 0.25) is 0 Å². The fourth-order valence-electron chi connectivity index (χ4n) is 5.61. The second kappa shape index (κ2) is 11.2. The second-order valence-electron chi connectivity index (χ2n) is 10.5. The van der Waals surface area contributed by atoms with E-state index < -0.39 is 5.56 Å². The van der Waals surface area contributed by atoms with Gasteiger partial charge in [-0.3, -0.25) is 24.3 Å². The van der Waals surface area contributed by atoms with E-state index in [9.17, 15) is 19.2 Å². The van der Waals surface area contributed by atoms with Crippen LogP contribution in [-0.4, -0.2) is 81.6 Å². The molecule has 0 bridgehead atoms. The maximum absolute atomic E-state index is 12.9. The number of piperidine rings is 1. The SMILES string of the molecule is CCC1CN(c2nc(N)c(C(=O)NC3CC3)[nH]c2=O)CCN1C1CCN(Cc2ccc(OF)cc2O)CC1. The Hall–Kier alpha value is -3.38. The molecule has 5 rings (SSSR count). The zero-order valence-electron chi connectivity index (χ0n) is 21.7. The van der Waals surface area contributed by atoms with Crippen LogP contribution in [0, 0.1) is 0 Å². The number of piperazine rings is 1. The lowest BCUT2D eigenvalue weighted by Crippen LogP contribution is -2.59. The molecule has 38 heavy (non-hydrogen) atoms. The molecular weight excluding hydrogens is 493 g/mol. The van der Waals surface area contributed by atoms with Crippen LogP contribution < -0.4 is 26.5 Å². The number of aromatic nitrogens is 2. The molecule has 0 radical (unpaired) electrons. The molecule has 11 nitrogen and oxygen atoms in total. The highest BCUT2D eigenvalue weighted by molar-refractivity contribution is 5.96. The van der Waals surface area contributed by atoms with Crippen molar-refractivity contribution in [3.05, 3.63) is 39.8 Å². The van der Waals surface area contributed by atoms with E-state index in [1.807, 2.05) is 4.90 Å². The van der Waals surface area contributed by atoms with Crippen LogP contribution in [-0.2, 0) is 6.54 Å². The summed E-state index contributed by atoms with van der Waals surface area (Å²) in [7, 11) is 0. The monoisotopic (exact) mass is 529 g/mol. The molecule has 1 saturated carbocycles. The van der Waals surface area contributed by atoms with Crippen LogP contribution in [0.15, 0.2) is 23.0 Å². The number of nitrogens with two attached hydrogens (primary N) is 1. The predicted octanol–water partition coefficient (Wildman–Crippen LogP) is 1.78. The van der Waals surface area contributed by atoms with Gasteiger partial charge in [0.2, 0.25) is 0 Å². The van der Waals surface area contributed by atoms with E-state index in [0.717, 1.165) is 57.3 Å². The number of carbonyl (C=O) groups excluding carboxylic acids is 1. The summed E-state index contributed by atoms with van der Waals surface area (Å²) in [6.07, 6.45) is 4.82. The first-order chi connectivity index (χ1) is 18.4. The van der Waals surface area contributed by atoms with Gasteiger partial charge in [0, 0.05) is 60.5 Å². The van der Waals surface area contributed by atoms with E-state index in [2.05, 4.69) is 36.9 Å². The number of phenols is 1. The summed E-state index contributed by atoms with van der Waals surface area (Å²) >= 11 is 0. The lowest BCUT2D eigenvalue weighted by molar-refractivity contribution is -0.00647. The summed E-state index contributed by atoms with van der Waals surface area (Å²) in [4.78, 5) is 42.8. The van der Waals surface area contributed by atoms with Crippen LogP contribution in [0.25, 0.3) is 0 Å². The zero-order chi connectivity index (χ0) is 26.8. The van der Waals surface area contributed by atoms with Gasteiger partial charge in [0.25, 0.3) is 11.5 Å². The van der Waals surface area contributed by atoms with Gasteiger partial charge >= 0.3 is 0 Å². The van der Waals surface area contributed by atoms with Crippen molar-refractivity contribution < 1.29 is 19.4 Å². The molecule has 3 fully saturated rings. The highest BCUT2D eigenvalue weighted by Crippen LogP contribution is 2.29. The van der Waals surface area contributed by atoms with E-state index in [4.69, 9.17) is 5.73 Å². The Morgan fingerprint density at radius 2 is 2.00 bits per heavy atom. The third-order valence-corrected chi connectivity index (χ3v) is 7.93. The number of hydrogen-bond donors (Lipinski definition) is 4. The molecule has 12 heteroatoms. The third kappa shape index (κ3) is 5.70. The van der Waals surface area contributed by atoms with Crippen LogP contribution in [0.1, 0.15) is 55.1 Å². The van der Waals surface area contributed by atoms with Gasteiger partial charge in [0.15, 0.2) is 17.4 Å². The molecule has 3 heterocycles. The standard InChI is InChI=1S/C26H36FN7O4/c1-2-18-15-33(24-26(37)30-22(23(28)31-24)25(36)29-17-4-5-17)11-12-34(18)19-7-9-32(10-8-19)14-16-3-6-20(38-27)13-21(16)35/h3,6,13,17-19,35H,2,4-5,7-12,14-15H2,1H3,(H2,28,31)(H,29,36)(H,30,37). The second-order valence-corrected chi connectivity index (χ2v) is 10.5. The molecule has 1 aliphatic carbocycles. The molecule has 1 amide bonds. The topological polar surface area (TPSA) is 140 Å². The number of amides is 1. The van der Waals surface area contributed by atoms with Crippen molar-refractivity contribution in [2.45, 2.75) is 63.7 Å². The van der Waals surface area contributed by atoms with E-state index in [0.29, 0.717) is 25.7 Å². The Morgan fingerprint density at radius 3 is 2.66 bits per heavy atom. The molecular formula is C26H36FN7O4. The number of rotatable bonds is 8. The quantitative estimate of drug-likeness (QED) is 0.403. The molecule has 0 spiro atoms. The van der Waals surface area contributed by atoms with E-state index in [-0.39, 0.29) is 46.8 Å². The molecule has 1 aromatic heterocycles.